The van der Waals surface area contributed by atoms with Crippen LogP contribution in [-0.4, -0.2) is 29.5 Å². The van der Waals surface area contributed by atoms with Crippen molar-refractivity contribution in [3.63, 3.8) is 0 Å². The summed E-state index contributed by atoms with van der Waals surface area (Å²) < 4.78 is 4.80. The minimum atomic E-state index is -1.01. The molecule has 1 aromatic heterocycles. The van der Waals surface area contributed by atoms with Crippen LogP contribution < -0.4 is 5.32 Å². The highest BCUT2D eigenvalue weighted by Crippen LogP contribution is 2.39. The Morgan fingerprint density at radius 2 is 2.32 bits per heavy atom. The second kappa shape index (κ2) is 6.12. The lowest BCUT2D eigenvalue weighted by molar-refractivity contribution is 0.0697. The van der Waals surface area contributed by atoms with Crippen LogP contribution >= 0.6 is 23.1 Å². The van der Waals surface area contributed by atoms with E-state index in [0.717, 1.165) is 28.4 Å². The highest BCUT2D eigenvalue weighted by Gasteiger charge is 2.26. The largest absolute Gasteiger partial charge is 0.478 e. The molecular weight excluding hydrogens is 286 g/mol. The predicted molar refractivity (Wildman–Crippen MR) is 76.3 cm³/mol. The van der Waals surface area contributed by atoms with Gasteiger partial charge in [-0.1, -0.05) is 12.7 Å². The van der Waals surface area contributed by atoms with Gasteiger partial charge in [-0.25, -0.2) is 9.59 Å². The first-order chi connectivity index (χ1) is 9.13. The molecule has 0 aliphatic carbocycles. The zero-order valence-corrected chi connectivity index (χ0v) is 11.7. The van der Waals surface area contributed by atoms with Crippen molar-refractivity contribution >= 4 is 40.2 Å². The topological polar surface area (TPSA) is 75.6 Å². The molecule has 1 amide bonds. The number of ether oxygens (including phenoxy) is 1. The van der Waals surface area contributed by atoms with Gasteiger partial charge < -0.3 is 9.84 Å². The van der Waals surface area contributed by atoms with Crippen molar-refractivity contribution in [1.82, 2.24) is 0 Å². The number of carboxylic acids is 1. The number of rotatable bonds is 4. The van der Waals surface area contributed by atoms with Gasteiger partial charge in [0.15, 0.2) is 0 Å². The van der Waals surface area contributed by atoms with E-state index in [9.17, 15) is 14.7 Å². The Morgan fingerprint density at radius 3 is 3.00 bits per heavy atom. The molecule has 0 atom stereocenters. The smallest absolute Gasteiger partial charge is 0.412 e. The van der Waals surface area contributed by atoms with Crippen LogP contribution in [0.5, 0.6) is 0 Å². The van der Waals surface area contributed by atoms with E-state index in [-0.39, 0.29) is 12.2 Å². The molecule has 2 N–H and O–H groups in total. The van der Waals surface area contributed by atoms with Gasteiger partial charge in [-0.05, 0) is 17.7 Å². The second-order valence-electron chi connectivity index (χ2n) is 3.83. The first kappa shape index (κ1) is 14.0. The zero-order chi connectivity index (χ0) is 13.8. The number of carbonyl (C=O) groups is 2. The van der Waals surface area contributed by atoms with Crippen molar-refractivity contribution in [2.75, 3.05) is 17.7 Å². The summed E-state index contributed by atoms with van der Waals surface area (Å²) in [6.45, 7) is 3.53. The fraction of sp³-hybridized carbons (Fsp3) is 0.333. The van der Waals surface area contributed by atoms with Gasteiger partial charge in [-0.15, -0.1) is 11.3 Å². The number of nitrogens with one attached hydrogen (secondary N) is 1. The fourth-order valence-corrected chi connectivity index (χ4v) is 4.17. The molecule has 0 unspecified atom stereocenters. The molecule has 1 aromatic rings. The van der Waals surface area contributed by atoms with Gasteiger partial charge >= 0.3 is 12.1 Å². The Morgan fingerprint density at radius 1 is 1.53 bits per heavy atom. The van der Waals surface area contributed by atoms with Crippen molar-refractivity contribution in [2.45, 2.75) is 12.2 Å². The van der Waals surface area contributed by atoms with Crippen LogP contribution in [0.3, 0.4) is 0 Å². The Kier molecular flexibility index (Phi) is 4.49. The van der Waals surface area contributed by atoms with Gasteiger partial charge in [0.1, 0.15) is 11.6 Å². The van der Waals surface area contributed by atoms with Crippen LogP contribution in [0, 0.1) is 0 Å². The van der Waals surface area contributed by atoms with Crippen molar-refractivity contribution in [3.8, 4) is 0 Å². The Labute approximate surface area is 118 Å². The number of carboxylic acid groups (broad SMARTS) is 1. The minimum absolute atomic E-state index is 0.0924. The van der Waals surface area contributed by atoms with E-state index in [0.29, 0.717) is 5.00 Å². The second-order valence-corrected chi connectivity index (χ2v) is 6.04. The minimum Gasteiger partial charge on any atom is -0.478 e. The highest BCUT2D eigenvalue weighted by molar-refractivity contribution is 7.98. The average molecular weight is 299 g/mol. The molecule has 19 heavy (non-hydrogen) atoms. The number of thiophene rings is 1. The number of hydrogen-bond acceptors (Lipinski definition) is 5. The number of fused-ring (bicyclic) bond motifs is 1. The summed E-state index contributed by atoms with van der Waals surface area (Å²) in [7, 11) is 0. The maximum Gasteiger partial charge on any atom is 0.412 e. The molecule has 102 valence electrons. The standard InChI is InChI=1S/C12H13NO4S2/c1-2-4-17-12(16)13-10-9(11(14)15)7-3-5-18-6-8(7)19-10/h2H,1,3-6H2,(H,13,16)(H,14,15). The Hall–Kier alpha value is -1.47. The first-order valence-corrected chi connectivity index (χ1v) is 7.61. The van der Waals surface area contributed by atoms with Gasteiger partial charge in [0.2, 0.25) is 0 Å². The lowest BCUT2D eigenvalue weighted by atomic mass is 10.1. The molecule has 0 saturated carbocycles. The molecule has 7 heteroatoms. The normalized spacial score (nSPS) is 13.5. The van der Waals surface area contributed by atoms with Crippen molar-refractivity contribution in [2.24, 2.45) is 0 Å². The summed E-state index contributed by atoms with van der Waals surface area (Å²) in [5.41, 5.74) is 1.05. The average Bonchev–Trinajstić information content (AvgIpc) is 2.74. The third kappa shape index (κ3) is 3.10. The summed E-state index contributed by atoms with van der Waals surface area (Å²) in [6, 6.07) is 0. The fourth-order valence-electron chi connectivity index (χ4n) is 1.81. The first-order valence-electron chi connectivity index (χ1n) is 5.63. The Balaban J connectivity index is 2.24. The molecule has 2 rings (SSSR count). The molecule has 0 radical (unpaired) electrons. The zero-order valence-electron chi connectivity index (χ0n) is 10.1. The number of anilines is 1. The molecule has 1 aliphatic heterocycles. The number of carbonyl (C=O) groups excluding carboxylic acids is 1. The van der Waals surface area contributed by atoms with E-state index in [1.807, 2.05) is 0 Å². The van der Waals surface area contributed by atoms with E-state index in [1.165, 1.54) is 17.4 Å². The molecule has 1 aliphatic rings. The lowest BCUT2D eigenvalue weighted by Gasteiger charge is -2.10. The van der Waals surface area contributed by atoms with Gasteiger partial charge in [0.05, 0.1) is 5.56 Å². The van der Waals surface area contributed by atoms with Gasteiger partial charge in [0.25, 0.3) is 0 Å². The summed E-state index contributed by atoms with van der Waals surface area (Å²) in [4.78, 5) is 23.8. The third-order valence-electron chi connectivity index (χ3n) is 2.58. The highest BCUT2D eigenvalue weighted by atomic mass is 32.2. The van der Waals surface area contributed by atoms with E-state index < -0.39 is 12.1 Å². The molecular formula is C12H13NO4S2. The third-order valence-corrected chi connectivity index (χ3v) is 4.90. The van der Waals surface area contributed by atoms with Crippen LogP contribution in [0.15, 0.2) is 12.7 Å². The van der Waals surface area contributed by atoms with E-state index >= 15 is 0 Å². The maximum absolute atomic E-state index is 11.5. The summed E-state index contributed by atoms with van der Waals surface area (Å²) in [6.07, 6.45) is 1.52. The molecule has 0 aromatic carbocycles. The monoisotopic (exact) mass is 299 g/mol. The summed E-state index contributed by atoms with van der Waals surface area (Å²) in [5, 5.41) is 12.2. The van der Waals surface area contributed by atoms with Gasteiger partial charge in [-0.2, -0.15) is 11.8 Å². The number of hydrogen-bond donors (Lipinski definition) is 2. The van der Waals surface area contributed by atoms with E-state index in [1.54, 1.807) is 11.8 Å². The molecule has 0 fully saturated rings. The molecule has 0 spiro atoms. The number of aromatic carboxylic acids is 1. The number of thioether (sulfide) groups is 1. The maximum atomic E-state index is 11.5. The van der Waals surface area contributed by atoms with Crippen molar-refractivity contribution in [1.29, 1.82) is 0 Å². The van der Waals surface area contributed by atoms with Gasteiger partial charge in [0, 0.05) is 10.6 Å². The SMILES string of the molecule is C=CCOC(=O)Nc1sc2c(c1C(=O)O)CCSC2. The molecule has 5 nitrogen and oxygen atoms in total. The summed E-state index contributed by atoms with van der Waals surface area (Å²) >= 11 is 3.08. The van der Waals surface area contributed by atoms with Gasteiger partial charge in [-0.3, -0.25) is 5.32 Å². The molecule has 0 bridgehead atoms. The van der Waals surface area contributed by atoms with Crippen molar-refractivity contribution < 1.29 is 19.4 Å². The number of amides is 1. The quantitative estimate of drug-likeness (QED) is 0.836. The Bertz CT molecular complexity index is 524. The molecule has 2 heterocycles. The van der Waals surface area contributed by atoms with Crippen LogP contribution in [0.4, 0.5) is 9.80 Å². The van der Waals surface area contributed by atoms with Crippen molar-refractivity contribution in [3.05, 3.63) is 28.7 Å². The summed E-state index contributed by atoms with van der Waals surface area (Å²) in [5.74, 6) is 0.692. The predicted octanol–water partition coefficient (Wildman–Crippen LogP) is 2.97. The van der Waals surface area contributed by atoms with Crippen LogP contribution in [0.2, 0.25) is 0 Å². The van der Waals surface area contributed by atoms with E-state index in [2.05, 4.69) is 11.9 Å². The van der Waals surface area contributed by atoms with E-state index in [4.69, 9.17) is 4.74 Å². The molecule has 0 saturated heterocycles. The lowest BCUT2D eigenvalue weighted by Crippen LogP contribution is -2.15. The van der Waals surface area contributed by atoms with Crippen LogP contribution in [-0.2, 0) is 16.9 Å². The van der Waals surface area contributed by atoms with Crippen LogP contribution in [0.25, 0.3) is 0 Å². The van der Waals surface area contributed by atoms with Crippen LogP contribution in [0.1, 0.15) is 20.8 Å².